The number of hydrogen-bond acceptors (Lipinski definition) is 5. The molecule has 0 unspecified atom stereocenters. The molecule has 1 N–H and O–H groups in total. The van der Waals surface area contributed by atoms with Crippen LogP contribution in [0.3, 0.4) is 0 Å². The first-order valence-electron chi connectivity index (χ1n) is 8.30. The molecule has 7 heteroatoms. The average molecular weight is 389 g/mol. The quantitative estimate of drug-likeness (QED) is 0.689. The normalized spacial score (nSPS) is 11.6. The van der Waals surface area contributed by atoms with Crippen molar-refractivity contribution in [2.24, 2.45) is 0 Å². The Kier molecular flexibility index (Phi) is 5.38. The van der Waals surface area contributed by atoms with Crippen molar-refractivity contribution < 1.29 is 13.2 Å². The van der Waals surface area contributed by atoms with Gasteiger partial charge in [-0.05, 0) is 50.6 Å². The van der Waals surface area contributed by atoms with Gasteiger partial charge in [0.1, 0.15) is 0 Å². The Morgan fingerprint density at radius 3 is 2.58 bits per heavy atom. The number of carbonyl (C=O) groups excluding carboxylic acids is 1. The second-order valence-electron chi connectivity index (χ2n) is 6.20. The van der Waals surface area contributed by atoms with Crippen molar-refractivity contribution in [3.8, 4) is 0 Å². The number of rotatable bonds is 6. The first-order valence-corrected chi connectivity index (χ1v) is 10.8. The van der Waals surface area contributed by atoms with Crippen LogP contribution >= 0.6 is 11.3 Å². The standard InChI is InChI=1S/C19H20N2O3S2/c1-13-5-8-16(9-6-13)26(23,24)11-3-4-19(22)21-15-7-10-18-17(12-15)20-14(2)25-18/h5-10,12H,3-4,11H2,1-2H3,(H,21,22). The second kappa shape index (κ2) is 7.55. The summed E-state index contributed by atoms with van der Waals surface area (Å²) in [6.07, 6.45) is 0.430. The zero-order chi connectivity index (χ0) is 18.7. The van der Waals surface area contributed by atoms with Gasteiger partial charge < -0.3 is 5.32 Å². The van der Waals surface area contributed by atoms with E-state index in [1.54, 1.807) is 35.6 Å². The molecule has 0 saturated carbocycles. The summed E-state index contributed by atoms with van der Waals surface area (Å²) in [5.74, 6) is -0.247. The van der Waals surface area contributed by atoms with Gasteiger partial charge in [-0.25, -0.2) is 13.4 Å². The maximum atomic E-state index is 12.3. The summed E-state index contributed by atoms with van der Waals surface area (Å²) in [4.78, 5) is 16.8. The minimum atomic E-state index is -3.36. The zero-order valence-electron chi connectivity index (χ0n) is 14.7. The molecule has 3 rings (SSSR count). The lowest BCUT2D eigenvalue weighted by atomic mass is 10.2. The minimum absolute atomic E-state index is 0.0478. The van der Waals surface area contributed by atoms with E-state index in [0.717, 1.165) is 20.8 Å². The van der Waals surface area contributed by atoms with Crippen LogP contribution < -0.4 is 5.32 Å². The summed E-state index contributed by atoms with van der Waals surface area (Å²) in [5.41, 5.74) is 2.54. The SMILES string of the molecule is Cc1ccc(S(=O)(=O)CCCC(=O)Nc2ccc3sc(C)nc3c2)cc1. The Morgan fingerprint density at radius 1 is 1.12 bits per heavy atom. The van der Waals surface area contributed by atoms with Crippen molar-refractivity contribution in [3.05, 3.63) is 53.0 Å². The van der Waals surface area contributed by atoms with Crippen molar-refractivity contribution in [2.45, 2.75) is 31.6 Å². The first kappa shape index (κ1) is 18.5. The predicted octanol–water partition coefficient (Wildman–Crippen LogP) is 4.11. The molecule has 0 spiro atoms. The number of thiazole rings is 1. The number of amides is 1. The maximum Gasteiger partial charge on any atom is 0.224 e. The highest BCUT2D eigenvalue weighted by atomic mass is 32.2. The van der Waals surface area contributed by atoms with Gasteiger partial charge in [0.15, 0.2) is 9.84 Å². The van der Waals surface area contributed by atoms with Crippen LogP contribution in [0.1, 0.15) is 23.4 Å². The number of nitrogens with one attached hydrogen (secondary N) is 1. The second-order valence-corrected chi connectivity index (χ2v) is 9.54. The molecule has 0 fully saturated rings. The van der Waals surface area contributed by atoms with E-state index in [1.807, 2.05) is 32.0 Å². The van der Waals surface area contributed by atoms with E-state index in [1.165, 1.54) is 0 Å². The summed E-state index contributed by atoms with van der Waals surface area (Å²) in [6, 6.07) is 12.4. The topological polar surface area (TPSA) is 76.1 Å². The van der Waals surface area contributed by atoms with E-state index >= 15 is 0 Å². The lowest BCUT2D eigenvalue weighted by Crippen LogP contribution is -2.14. The van der Waals surface area contributed by atoms with Gasteiger partial charge in [-0.3, -0.25) is 4.79 Å². The summed E-state index contributed by atoms with van der Waals surface area (Å²) >= 11 is 1.60. The molecule has 0 aliphatic heterocycles. The number of sulfone groups is 1. The van der Waals surface area contributed by atoms with Gasteiger partial charge >= 0.3 is 0 Å². The third-order valence-corrected chi connectivity index (χ3v) is 6.74. The summed E-state index contributed by atoms with van der Waals surface area (Å²) in [5, 5.41) is 3.78. The number of benzene rings is 2. The lowest BCUT2D eigenvalue weighted by molar-refractivity contribution is -0.116. The molecule has 136 valence electrons. The van der Waals surface area contributed by atoms with Gasteiger partial charge in [0.05, 0.1) is 25.9 Å². The van der Waals surface area contributed by atoms with Crippen LogP contribution in [-0.2, 0) is 14.6 Å². The molecule has 0 saturated heterocycles. The molecule has 3 aromatic rings. The van der Waals surface area contributed by atoms with Gasteiger partial charge in [0.25, 0.3) is 0 Å². The van der Waals surface area contributed by atoms with Crippen molar-refractivity contribution in [3.63, 3.8) is 0 Å². The molecule has 0 aliphatic carbocycles. The highest BCUT2D eigenvalue weighted by Crippen LogP contribution is 2.24. The number of carbonyl (C=O) groups is 1. The number of fused-ring (bicyclic) bond motifs is 1. The zero-order valence-corrected chi connectivity index (χ0v) is 16.3. The molecular formula is C19H20N2O3S2. The number of nitrogens with zero attached hydrogens (tertiary/aromatic N) is 1. The molecule has 0 atom stereocenters. The Morgan fingerprint density at radius 2 is 1.85 bits per heavy atom. The van der Waals surface area contributed by atoms with Crippen LogP contribution in [0.5, 0.6) is 0 Å². The fraction of sp³-hybridized carbons (Fsp3) is 0.263. The third-order valence-electron chi connectivity index (χ3n) is 3.98. The van der Waals surface area contributed by atoms with Crippen LogP contribution in [0.4, 0.5) is 5.69 Å². The van der Waals surface area contributed by atoms with Crippen LogP contribution in [0.25, 0.3) is 10.2 Å². The van der Waals surface area contributed by atoms with Crippen LogP contribution in [0, 0.1) is 13.8 Å². The first-order chi connectivity index (χ1) is 12.3. The molecule has 0 bridgehead atoms. The molecule has 1 heterocycles. The van der Waals surface area contributed by atoms with Crippen LogP contribution in [0.2, 0.25) is 0 Å². The van der Waals surface area contributed by atoms with E-state index in [0.29, 0.717) is 10.6 Å². The van der Waals surface area contributed by atoms with E-state index < -0.39 is 9.84 Å². The smallest absolute Gasteiger partial charge is 0.224 e. The average Bonchev–Trinajstić information content (AvgIpc) is 2.94. The van der Waals surface area contributed by atoms with Gasteiger partial charge in [-0.15, -0.1) is 11.3 Å². The van der Waals surface area contributed by atoms with Crippen molar-refractivity contribution in [2.75, 3.05) is 11.1 Å². The van der Waals surface area contributed by atoms with Crippen molar-refractivity contribution >= 4 is 43.0 Å². The van der Waals surface area contributed by atoms with Crippen molar-refractivity contribution in [1.29, 1.82) is 0 Å². The molecule has 5 nitrogen and oxygen atoms in total. The summed E-state index contributed by atoms with van der Waals surface area (Å²) < 4.78 is 25.7. The lowest BCUT2D eigenvalue weighted by Gasteiger charge is -2.07. The highest BCUT2D eigenvalue weighted by molar-refractivity contribution is 7.91. The largest absolute Gasteiger partial charge is 0.326 e. The maximum absolute atomic E-state index is 12.3. The molecule has 26 heavy (non-hydrogen) atoms. The van der Waals surface area contributed by atoms with Crippen LogP contribution in [0.15, 0.2) is 47.4 Å². The van der Waals surface area contributed by atoms with Gasteiger partial charge in [-0.1, -0.05) is 17.7 Å². The monoisotopic (exact) mass is 388 g/mol. The number of aromatic nitrogens is 1. The Bertz CT molecular complexity index is 1040. The molecule has 1 amide bonds. The molecular weight excluding hydrogens is 368 g/mol. The number of aryl methyl sites for hydroxylation is 2. The Balaban J connectivity index is 1.55. The Labute approximate surface area is 157 Å². The molecule has 0 aliphatic rings. The van der Waals surface area contributed by atoms with Gasteiger partial charge in [-0.2, -0.15) is 0 Å². The Hall–Kier alpha value is -2.25. The predicted molar refractivity (Wildman–Crippen MR) is 105 cm³/mol. The van der Waals surface area contributed by atoms with Crippen molar-refractivity contribution in [1.82, 2.24) is 4.98 Å². The summed E-state index contributed by atoms with van der Waals surface area (Å²) in [6.45, 7) is 3.85. The third kappa shape index (κ3) is 4.47. The molecule has 0 radical (unpaired) electrons. The van der Waals surface area contributed by atoms with E-state index in [-0.39, 0.29) is 24.5 Å². The molecule has 1 aromatic heterocycles. The fourth-order valence-corrected chi connectivity index (χ4v) is 4.75. The molecule has 2 aromatic carbocycles. The van der Waals surface area contributed by atoms with Crippen LogP contribution in [-0.4, -0.2) is 25.1 Å². The van der Waals surface area contributed by atoms with E-state index in [4.69, 9.17) is 0 Å². The summed E-state index contributed by atoms with van der Waals surface area (Å²) in [7, 11) is -3.36. The minimum Gasteiger partial charge on any atom is -0.326 e. The van der Waals surface area contributed by atoms with E-state index in [2.05, 4.69) is 10.3 Å². The van der Waals surface area contributed by atoms with Gasteiger partial charge in [0, 0.05) is 12.1 Å². The fourth-order valence-electron chi connectivity index (χ4n) is 2.63. The van der Waals surface area contributed by atoms with Gasteiger partial charge in [0.2, 0.25) is 5.91 Å². The number of anilines is 1. The van der Waals surface area contributed by atoms with E-state index in [9.17, 15) is 13.2 Å². The highest BCUT2D eigenvalue weighted by Gasteiger charge is 2.15. The number of hydrogen-bond donors (Lipinski definition) is 1.